The molecule has 1 N–H and O–H groups in total. The van der Waals surface area contributed by atoms with E-state index in [0.717, 1.165) is 59.0 Å². The van der Waals surface area contributed by atoms with Crippen LogP contribution in [0.5, 0.6) is 0 Å². The SMILES string of the molecule is Cc1cc(C)c2cc([C@@H](c3nnnn3C3CCCCC3)N(Cc3cccnc3)Cc3ccco3)c(=O)[nH]c2c1. The minimum atomic E-state index is -0.513. The number of nitrogens with one attached hydrogen (secondary N) is 1. The van der Waals surface area contributed by atoms with Crippen LogP contribution in [0.15, 0.2) is 70.3 Å². The second-order valence-electron chi connectivity index (χ2n) is 10.6. The Labute approximate surface area is 226 Å². The van der Waals surface area contributed by atoms with Crippen LogP contribution in [0, 0.1) is 13.8 Å². The van der Waals surface area contributed by atoms with E-state index in [2.05, 4.69) is 43.4 Å². The van der Waals surface area contributed by atoms with Crippen LogP contribution in [0.4, 0.5) is 0 Å². The molecule has 1 aliphatic carbocycles. The molecule has 9 heteroatoms. The van der Waals surface area contributed by atoms with Crippen molar-refractivity contribution in [3.05, 3.63) is 105 Å². The third-order valence-corrected chi connectivity index (χ3v) is 7.73. The Kier molecular flexibility index (Phi) is 7.06. The predicted octanol–water partition coefficient (Wildman–Crippen LogP) is 5.42. The van der Waals surface area contributed by atoms with Gasteiger partial charge < -0.3 is 9.40 Å². The van der Waals surface area contributed by atoms with Crippen molar-refractivity contribution in [1.29, 1.82) is 0 Å². The van der Waals surface area contributed by atoms with Gasteiger partial charge in [0.05, 0.1) is 18.8 Å². The number of nitrogens with zero attached hydrogens (tertiary/aromatic N) is 6. The maximum Gasteiger partial charge on any atom is 0.253 e. The van der Waals surface area contributed by atoms with Gasteiger partial charge in [0.2, 0.25) is 0 Å². The second kappa shape index (κ2) is 10.9. The molecule has 5 aromatic rings. The van der Waals surface area contributed by atoms with E-state index in [9.17, 15) is 4.79 Å². The Morgan fingerprint density at radius 2 is 1.97 bits per heavy atom. The molecule has 39 heavy (non-hydrogen) atoms. The molecular formula is C30H33N7O2. The maximum absolute atomic E-state index is 13.8. The number of furan rings is 1. The number of tetrazole rings is 1. The molecule has 1 atom stereocenters. The monoisotopic (exact) mass is 523 g/mol. The Hall–Kier alpha value is -4.11. The minimum absolute atomic E-state index is 0.147. The number of fused-ring (bicyclic) bond motifs is 1. The Bertz CT molecular complexity index is 1600. The average molecular weight is 524 g/mol. The number of H-pyrrole nitrogens is 1. The van der Waals surface area contributed by atoms with Crippen molar-refractivity contribution in [2.75, 3.05) is 0 Å². The summed E-state index contributed by atoms with van der Waals surface area (Å²) >= 11 is 0. The van der Waals surface area contributed by atoms with Gasteiger partial charge in [-0.2, -0.15) is 0 Å². The first-order valence-electron chi connectivity index (χ1n) is 13.6. The highest BCUT2D eigenvalue weighted by molar-refractivity contribution is 5.83. The van der Waals surface area contributed by atoms with E-state index < -0.39 is 6.04 Å². The molecule has 4 aromatic heterocycles. The highest BCUT2D eigenvalue weighted by Crippen LogP contribution is 2.35. The summed E-state index contributed by atoms with van der Waals surface area (Å²) in [5.74, 6) is 1.47. The first kappa shape index (κ1) is 25.2. The van der Waals surface area contributed by atoms with E-state index in [-0.39, 0.29) is 11.6 Å². The largest absolute Gasteiger partial charge is 0.468 e. The van der Waals surface area contributed by atoms with Gasteiger partial charge in [-0.3, -0.25) is 14.7 Å². The summed E-state index contributed by atoms with van der Waals surface area (Å²) in [6.07, 6.45) is 10.9. The molecule has 1 saturated carbocycles. The number of hydrogen-bond acceptors (Lipinski definition) is 7. The molecule has 9 nitrogen and oxygen atoms in total. The third kappa shape index (κ3) is 5.27. The molecular weight excluding hydrogens is 490 g/mol. The lowest BCUT2D eigenvalue weighted by atomic mass is 9.94. The molecule has 200 valence electrons. The topological polar surface area (TPSA) is 106 Å². The number of benzene rings is 1. The zero-order valence-corrected chi connectivity index (χ0v) is 22.4. The first-order chi connectivity index (χ1) is 19.1. The van der Waals surface area contributed by atoms with Crippen LogP contribution >= 0.6 is 0 Å². The Balaban J connectivity index is 1.54. The molecule has 0 aliphatic heterocycles. The fourth-order valence-corrected chi connectivity index (χ4v) is 5.93. The lowest BCUT2D eigenvalue weighted by Gasteiger charge is -2.32. The number of aryl methyl sites for hydroxylation is 2. The van der Waals surface area contributed by atoms with Crippen LogP contribution in [-0.2, 0) is 13.1 Å². The lowest BCUT2D eigenvalue weighted by molar-refractivity contribution is 0.173. The predicted molar refractivity (Wildman–Crippen MR) is 148 cm³/mol. The van der Waals surface area contributed by atoms with Crippen LogP contribution < -0.4 is 5.56 Å². The summed E-state index contributed by atoms with van der Waals surface area (Å²) < 4.78 is 7.75. The summed E-state index contributed by atoms with van der Waals surface area (Å²) in [6, 6.07) is 13.7. The van der Waals surface area contributed by atoms with Crippen LogP contribution in [-0.4, -0.2) is 35.1 Å². The molecule has 0 radical (unpaired) electrons. The van der Waals surface area contributed by atoms with Gasteiger partial charge >= 0.3 is 0 Å². The molecule has 6 rings (SSSR count). The summed E-state index contributed by atoms with van der Waals surface area (Å²) in [5.41, 5.74) is 4.53. The van der Waals surface area contributed by atoms with E-state index in [1.54, 1.807) is 12.5 Å². The molecule has 0 spiro atoms. The second-order valence-corrected chi connectivity index (χ2v) is 10.6. The van der Waals surface area contributed by atoms with Crippen molar-refractivity contribution in [2.45, 2.75) is 71.1 Å². The zero-order chi connectivity index (χ0) is 26.8. The fourth-order valence-electron chi connectivity index (χ4n) is 5.93. The molecule has 0 saturated heterocycles. The van der Waals surface area contributed by atoms with E-state index >= 15 is 0 Å². The van der Waals surface area contributed by atoms with Crippen LogP contribution in [0.2, 0.25) is 0 Å². The van der Waals surface area contributed by atoms with Crippen LogP contribution in [0.25, 0.3) is 10.9 Å². The standard InChI is InChI=1S/C30H33N7O2/c1-20-14-21(2)25-16-26(30(38)32-27(25)15-20)28(29-33-34-35-37(29)23-9-4-3-5-10-23)36(19-24-11-7-13-39-24)18-22-8-6-12-31-17-22/h6-8,11-17,23,28H,3-5,9-10,18-19H2,1-2H3,(H,32,38)/t28-/m0/s1. The minimum Gasteiger partial charge on any atom is -0.468 e. The van der Waals surface area contributed by atoms with Crippen molar-refractivity contribution in [3.63, 3.8) is 0 Å². The van der Waals surface area contributed by atoms with Gasteiger partial charge in [-0.25, -0.2) is 4.68 Å². The van der Waals surface area contributed by atoms with Gasteiger partial charge in [0.25, 0.3) is 5.56 Å². The summed E-state index contributed by atoms with van der Waals surface area (Å²) in [4.78, 5) is 23.6. The van der Waals surface area contributed by atoms with Crippen molar-refractivity contribution in [2.24, 2.45) is 0 Å². The normalized spacial score (nSPS) is 15.3. The van der Waals surface area contributed by atoms with Crippen molar-refractivity contribution in [1.82, 2.24) is 35.1 Å². The molecule has 1 aliphatic rings. The Morgan fingerprint density at radius 3 is 2.74 bits per heavy atom. The van der Waals surface area contributed by atoms with Gasteiger partial charge in [0, 0.05) is 35.4 Å². The van der Waals surface area contributed by atoms with Gasteiger partial charge in [-0.05, 0) is 84.1 Å². The van der Waals surface area contributed by atoms with Crippen molar-refractivity contribution in [3.8, 4) is 0 Å². The van der Waals surface area contributed by atoms with E-state index in [1.165, 1.54) is 6.42 Å². The fraction of sp³-hybridized carbons (Fsp3) is 0.367. The number of aromatic amines is 1. The highest BCUT2D eigenvalue weighted by Gasteiger charge is 2.33. The average Bonchev–Trinajstić information content (AvgIpc) is 3.63. The van der Waals surface area contributed by atoms with E-state index in [4.69, 9.17) is 4.42 Å². The van der Waals surface area contributed by atoms with Crippen molar-refractivity contribution < 1.29 is 4.42 Å². The molecule has 4 heterocycles. The molecule has 0 unspecified atom stereocenters. The molecule has 0 amide bonds. The number of hydrogen-bond donors (Lipinski definition) is 1. The lowest BCUT2D eigenvalue weighted by Crippen LogP contribution is -2.35. The van der Waals surface area contributed by atoms with Crippen LogP contribution in [0.1, 0.15) is 78.0 Å². The Morgan fingerprint density at radius 1 is 1.10 bits per heavy atom. The smallest absolute Gasteiger partial charge is 0.253 e. The third-order valence-electron chi connectivity index (χ3n) is 7.73. The molecule has 0 bridgehead atoms. The van der Waals surface area contributed by atoms with Gasteiger partial charge in [0.1, 0.15) is 11.8 Å². The van der Waals surface area contributed by atoms with E-state index in [0.29, 0.717) is 24.5 Å². The summed E-state index contributed by atoms with van der Waals surface area (Å²) in [7, 11) is 0. The van der Waals surface area contributed by atoms with Gasteiger partial charge in [0.15, 0.2) is 5.82 Å². The summed E-state index contributed by atoms with van der Waals surface area (Å²) in [6.45, 7) is 5.11. The number of rotatable bonds is 8. The van der Waals surface area contributed by atoms with Gasteiger partial charge in [-0.1, -0.05) is 31.4 Å². The first-order valence-corrected chi connectivity index (χ1v) is 13.6. The zero-order valence-electron chi connectivity index (χ0n) is 22.4. The number of aromatic nitrogens is 6. The van der Waals surface area contributed by atoms with Crippen molar-refractivity contribution >= 4 is 10.9 Å². The maximum atomic E-state index is 13.8. The summed E-state index contributed by atoms with van der Waals surface area (Å²) in [5, 5.41) is 14.2. The van der Waals surface area contributed by atoms with E-state index in [1.807, 2.05) is 54.2 Å². The van der Waals surface area contributed by atoms with Crippen LogP contribution in [0.3, 0.4) is 0 Å². The molecule has 1 fully saturated rings. The molecule has 1 aromatic carbocycles. The van der Waals surface area contributed by atoms with Gasteiger partial charge in [-0.15, -0.1) is 5.10 Å². The quantitative estimate of drug-likeness (QED) is 0.290. The highest BCUT2D eigenvalue weighted by atomic mass is 16.3. The number of pyridine rings is 2.